The molecule has 1 aliphatic rings. The summed E-state index contributed by atoms with van der Waals surface area (Å²) in [6, 6.07) is 9.68. The van der Waals surface area contributed by atoms with Gasteiger partial charge in [-0.15, -0.1) is 0 Å². The molecule has 0 bridgehead atoms. The molecule has 1 aromatic heterocycles. The van der Waals surface area contributed by atoms with Crippen LogP contribution in [0.3, 0.4) is 0 Å². The fourth-order valence-corrected chi connectivity index (χ4v) is 2.72. The Morgan fingerprint density at radius 1 is 1.38 bits per heavy atom. The van der Waals surface area contributed by atoms with Gasteiger partial charge < -0.3 is 20.3 Å². The summed E-state index contributed by atoms with van der Waals surface area (Å²) in [7, 11) is 1.38. The van der Waals surface area contributed by atoms with E-state index in [1.165, 1.54) is 25.3 Å². The van der Waals surface area contributed by atoms with Crippen LogP contribution in [0.25, 0.3) is 0 Å². The van der Waals surface area contributed by atoms with Gasteiger partial charge in [0.1, 0.15) is 5.82 Å². The largest absolute Gasteiger partial charge is 0.494 e. The number of benzene rings is 1. The first kappa shape index (κ1) is 16.0. The summed E-state index contributed by atoms with van der Waals surface area (Å²) in [4.78, 5) is 18.6. The molecule has 126 valence electrons. The van der Waals surface area contributed by atoms with Crippen LogP contribution in [0.5, 0.6) is 5.75 Å². The van der Waals surface area contributed by atoms with E-state index in [1.807, 2.05) is 18.2 Å². The zero-order chi connectivity index (χ0) is 16.9. The molecule has 2 amide bonds. The van der Waals surface area contributed by atoms with Crippen LogP contribution < -0.4 is 20.3 Å². The van der Waals surface area contributed by atoms with Crippen LogP contribution in [0.1, 0.15) is 6.42 Å². The third-order valence-electron chi connectivity index (χ3n) is 3.91. The summed E-state index contributed by atoms with van der Waals surface area (Å²) in [5.74, 6) is 0.533. The molecule has 0 aliphatic carbocycles. The van der Waals surface area contributed by atoms with Gasteiger partial charge in [0.2, 0.25) is 0 Å². The maximum Gasteiger partial charge on any atom is 0.319 e. The second kappa shape index (κ2) is 7.16. The van der Waals surface area contributed by atoms with Crippen molar-refractivity contribution in [3.8, 4) is 5.75 Å². The zero-order valence-electron chi connectivity index (χ0n) is 13.3. The van der Waals surface area contributed by atoms with E-state index in [0.29, 0.717) is 12.2 Å². The highest BCUT2D eigenvalue weighted by atomic mass is 19.1. The van der Waals surface area contributed by atoms with E-state index in [0.717, 1.165) is 18.8 Å². The van der Waals surface area contributed by atoms with Crippen LogP contribution in [-0.4, -0.2) is 37.3 Å². The molecule has 1 unspecified atom stereocenters. The van der Waals surface area contributed by atoms with E-state index in [1.54, 1.807) is 6.20 Å². The smallest absolute Gasteiger partial charge is 0.319 e. The highest BCUT2D eigenvalue weighted by molar-refractivity contribution is 5.89. The molecule has 7 heteroatoms. The lowest BCUT2D eigenvalue weighted by Gasteiger charge is -2.18. The number of urea groups is 1. The molecule has 3 rings (SSSR count). The number of aromatic nitrogens is 1. The Morgan fingerprint density at radius 3 is 3.00 bits per heavy atom. The lowest BCUT2D eigenvalue weighted by molar-refractivity contribution is 0.249. The predicted molar refractivity (Wildman–Crippen MR) is 90.0 cm³/mol. The molecule has 2 aromatic rings. The van der Waals surface area contributed by atoms with E-state index in [2.05, 4.69) is 20.5 Å². The lowest BCUT2D eigenvalue weighted by Crippen LogP contribution is -2.39. The van der Waals surface area contributed by atoms with E-state index < -0.39 is 5.82 Å². The summed E-state index contributed by atoms with van der Waals surface area (Å²) in [5, 5.41) is 5.62. The van der Waals surface area contributed by atoms with Crippen molar-refractivity contribution < 1.29 is 13.9 Å². The molecule has 1 atom stereocenters. The van der Waals surface area contributed by atoms with E-state index in [4.69, 9.17) is 4.74 Å². The molecule has 1 aromatic carbocycles. The molecule has 2 N–H and O–H groups in total. The third-order valence-corrected chi connectivity index (χ3v) is 3.91. The van der Waals surface area contributed by atoms with Crippen LogP contribution in [0.15, 0.2) is 42.6 Å². The minimum atomic E-state index is -0.467. The van der Waals surface area contributed by atoms with Crippen LogP contribution in [0.2, 0.25) is 0 Å². The molecule has 24 heavy (non-hydrogen) atoms. The molecule has 1 fully saturated rings. The van der Waals surface area contributed by atoms with Crippen molar-refractivity contribution in [2.45, 2.75) is 12.5 Å². The van der Waals surface area contributed by atoms with Gasteiger partial charge in [0.05, 0.1) is 7.11 Å². The highest BCUT2D eigenvalue weighted by Gasteiger charge is 2.24. The molecule has 1 saturated heterocycles. The second-order valence-corrected chi connectivity index (χ2v) is 5.57. The standard InChI is InChI=1S/C17H19FN4O2/c1-24-15-10-12(5-6-14(15)18)20-17(23)21-13-7-9-22(11-13)16-4-2-3-8-19-16/h2-6,8,10,13H,7,9,11H2,1H3,(H2,20,21,23). The summed E-state index contributed by atoms with van der Waals surface area (Å²) < 4.78 is 18.3. The maximum atomic E-state index is 13.4. The van der Waals surface area contributed by atoms with Crippen molar-refractivity contribution in [3.63, 3.8) is 0 Å². The summed E-state index contributed by atoms with van der Waals surface area (Å²) >= 11 is 0. The number of amides is 2. The number of halogens is 1. The number of anilines is 2. The minimum absolute atomic E-state index is 0.0364. The van der Waals surface area contributed by atoms with Crippen LogP contribution in [-0.2, 0) is 0 Å². The van der Waals surface area contributed by atoms with Crippen LogP contribution in [0, 0.1) is 5.82 Å². The van der Waals surface area contributed by atoms with E-state index in [-0.39, 0.29) is 17.8 Å². The Balaban J connectivity index is 1.54. The average Bonchev–Trinajstić information content (AvgIpc) is 3.05. The first-order valence-corrected chi connectivity index (χ1v) is 7.73. The van der Waals surface area contributed by atoms with Gasteiger partial charge in [-0.05, 0) is 30.7 Å². The number of nitrogens with one attached hydrogen (secondary N) is 2. The molecule has 1 aliphatic heterocycles. The Kier molecular flexibility index (Phi) is 4.79. The number of carbonyl (C=O) groups excluding carboxylic acids is 1. The summed E-state index contributed by atoms with van der Waals surface area (Å²) in [5.41, 5.74) is 0.477. The van der Waals surface area contributed by atoms with Gasteiger partial charge in [-0.2, -0.15) is 0 Å². The van der Waals surface area contributed by atoms with Crippen molar-refractivity contribution in [3.05, 3.63) is 48.4 Å². The second-order valence-electron chi connectivity index (χ2n) is 5.57. The van der Waals surface area contributed by atoms with Crippen molar-refractivity contribution in [1.82, 2.24) is 10.3 Å². The quantitative estimate of drug-likeness (QED) is 0.904. The molecule has 0 spiro atoms. The van der Waals surface area contributed by atoms with Crippen molar-refractivity contribution in [1.29, 1.82) is 0 Å². The Morgan fingerprint density at radius 2 is 2.25 bits per heavy atom. The molecule has 0 saturated carbocycles. The number of hydrogen-bond donors (Lipinski definition) is 2. The normalized spacial score (nSPS) is 16.8. The van der Waals surface area contributed by atoms with Gasteiger partial charge in [-0.25, -0.2) is 14.2 Å². The van der Waals surface area contributed by atoms with E-state index >= 15 is 0 Å². The molecule has 6 nitrogen and oxygen atoms in total. The Labute approximate surface area is 139 Å². The SMILES string of the molecule is COc1cc(NC(=O)NC2CCN(c3ccccn3)C2)ccc1F. The maximum absolute atomic E-state index is 13.4. The fourth-order valence-electron chi connectivity index (χ4n) is 2.72. The van der Waals surface area contributed by atoms with Crippen molar-refractivity contribution in [2.24, 2.45) is 0 Å². The predicted octanol–water partition coefficient (Wildman–Crippen LogP) is 2.63. The first-order valence-electron chi connectivity index (χ1n) is 7.73. The topological polar surface area (TPSA) is 66.5 Å². The highest BCUT2D eigenvalue weighted by Crippen LogP contribution is 2.21. The number of nitrogens with zero attached hydrogens (tertiary/aromatic N) is 2. The van der Waals surface area contributed by atoms with Gasteiger partial charge in [0, 0.05) is 37.1 Å². The van der Waals surface area contributed by atoms with Gasteiger partial charge in [-0.3, -0.25) is 0 Å². The van der Waals surface area contributed by atoms with Gasteiger partial charge in [0.15, 0.2) is 11.6 Å². The average molecular weight is 330 g/mol. The van der Waals surface area contributed by atoms with Crippen molar-refractivity contribution in [2.75, 3.05) is 30.4 Å². The van der Waals surface area contributed by atoms with Crippen LogP contribution in [0.4, 0.5) is 20.7 Å². The number of hydrogen-bond acceptors (Lipinski definition) is 4. The zero-order valence-corrected chi connectivity index (χ0v) is 13.3. The van der Waals surface area contributed by atoms with Gasteiger partial charge >= 0.3 is 6.03 Å². The number of ether oxygens (including phenoxy) is 1. The number of carbonyl (C=O) groups is 1. The molecule has 2 heterocycles. The number of methoxy groups -OCH3 is 1. The summed E-state index contributed by atoms with van der Waals surface area (Å²) in [6.07, 6.45) is 2.60. The first-order chi connectivity index (χ1) is 11.7. The van der Waals surface area contributed by atoms with Gasteiger partial charge in [0.25, 0.3) is 0 Å². The molecular weight excluding hydrogens is 311 g/mol. The molecular formula is C17H19FN4O2. The Bertz CT molecular complexity index is 711. The third kappa shape index (κ3) is 3.73. The van der Waals surface area contributed by atoms with E-state index in [9.17, 15) is 9.18 Å². The Hall–Kier alpha value is -2.83. The summed E-state index contributed by atoms with van der Waals surface area (Å²) in [6.45, 7) is 1.55. The monoisotopic (exact) mass is 330 g/mol. The van der Waals surface area contributed by atoms with Crippen LogP contribution >= 0.6 is 0 Å². The van der Waals surface area contributed by atoms with Crippen molar-refractivity contribution >= 4 is 17.5 Å². The minimum Gasteiger partial charge on any atom is -0.494 e. The fraction of sp³-hybridized carbons (Fsp3) is 0.294. The number of pyridine rings is 1. The molecule has 0 radical (unpaired) electrons. The van der Waals surface area contributed by atoms with Gasteiger partial charge in [-0.1, -0.05) is 6.07 Å². The lowest BCUT2D eigenvalue weighted by atomic mass is 10.2. The number of rotatable bonds is 4.